The monoisotopic (exact) mass is 399 g/mol. The van der Waals surface area contributed by atoms with Crippen molar-refractivity contribution in [3.8, 4) is 0 Å². The summed E-state index contributed by atoms with van der Waals surface area (Å²) in [6.07, 6.45) is -1.37. The molecule has 1 unspecified atom stereocenters. The van der Waals surface area contributed by atoms with E-state index in [1.54, 1.807) is 0 Å². The molecule has 1 N–H and O–H groups in total. The normalized spacial score (nSPS) is 14.2. The van der Waals surface area contributed by atoms with Crippen LogP contribution >= 0.6 is 58.0 Å². The topological polar surface area (TPSA) is 55.4 Å². The van der Waals surface area contributed by atoms with Crippen LogP contribution in [0.25, 0.3) is 0 Å². The minimum atomic E-state index is -3.92. The lowest BCUT2D eigenvalue weighted by atomic mass is 10.4. The highest BCUT2D eigenvalue weighted by Crippen LogP contribution is 2.32. The SMILES string of the molecule is O=S(=O)(NC(OCCCl)C(Cl)(Cl)Cl)c1ccc(Cl)cc1. The fourth-order valence-corrected chi connectivity index (χ4v) is 3.10. The Labute approximate surface area is 142 Å². The van der Waals surface area contributed by atoms with E-state index in [9.17, 15) is 8.42 Å². The molecular formula is C10H10Cl5NO3S. The third kappa shape index (κ3) is 5.73. The van der Waals surface area contributed by atoms with E-state index in [0.29, 0.717) is 5.02 Å². The van der Waals surface area contributed by atoms with Crippen LogP contribution < -0.4 is 4.72 Å². The van der Waals surface area contributed by atoms with E-state index >= 15 is 0 Å². The Hall–Kier alpha value is 0.540. The van der Waals surface area contributed by atoms with Crippen molar-refractivity contribution in [2.45, 2.75) is 14.9 Å². The van der Waals surface area contributed by atoms with Crippen LogP contribution in [0.1, 0.15) is 0 Å². The predicted octanol–water partition coefficient (Wildman–Crippen LogP) is 3.57. The standard InChI is InChI=1S/C10H10Cl5NO3S/c11-5-6-19-9(10(13,14)15)16-20(17,18)8-3-1-7(12)2-4-8/h1-4,9,16H,5-6H2. The van der Waals surface area contributed by atoms with Crippen LogP contribution in [0, 0.1) is 0 Å². The third-order valence-corrected chi connectivity index (χ3v) is 4.46. The van der Waals surface area contributed by atoms with Gasteiger partial charge < -0.3 is 4.74 Å². The number of rotatable bonds is 6. The molecule has 0 aliphatic heterocycles. The highest BCUT2D eigenvalue weighted by Gasteiger charge is 2.37. The van der Waals surface area contributed by atoms with Crippen molar-refractivity contribution in [2.75, 3.05) is 12.5 Å². The highest BCUT2D eigenvalue weighted by atomic mass is 35.6. The number of nitrogens with one attached hydrogen (secondary N) is 1. The summed E-state index contributed by atoms with van der Waals surface area (Å²) in [5, 5.41) is 0.403. The molecule has 4 nitrogen and oxygen atoms in total. The molecule has 1 rings (SSSR count). The fourth-order valence-electron chi connectivity index (χ4n) is 1.18. The lowest BCUT2D eigenvalue weighted by Gasteiger charge is -2.25. The molecule has 0 saturated heterocycles. The van der Waals surface area contributed by atoms with Gasteiger partial charge in [0.2, 0.25) is 13.8 Å². The van der Waals surface area contributed by atoms with Crippen molar-refractivity contribution >= 4 is 68.0 Å². The Bertz CT molecular complexity index is 529. The smallest absolute Gasteiger partial charge is 0.242 e. The van der Waals surface area contributed by atoms with Crippen LogP contribution in [0.5, 0.6) is 0 Å². The van der Waals surface area contributed by atoms with Gasteiger partial charge in [-0.3, -0.25) is 0 Å². The van der Waals surface area contributed by atoms with Crippen LogP contribution in [0.3, 0.4) is 0 Å². The number of hydrogen-bond acceptors (Lipinski definition) is 3. The summed E-state index contributed by atoms with van der Waals surface area (Å²) in [7, 11) is -3.92. The number of benzene rings is 1. The molecule has 0 bridgehead atoms. The molecule has 0 saturated carbocycles. The van der Waals surface area contributed by atoms with Crippen LogP contribution in [0.4, 0.5) is 0 Å². The maximum Gasteiger partial charge on any atom is 0.242 e. The quantitative estimate of drug-likeness (QED) is 0.586. The number of ether oxygens (including phenoxy) is 1. The first-order chi connectivity index (χ1) is 9.16. The molecule has 0 radical (unpaired) electrons. The summed E-state index contributed by atoms with van der Waals surface area (Å²) in [6.45, 7) is 0.0171. The molecule has 1 aromatic rings. The Morgan fingerprint density at radius 1 is 1.20 bits per heavy atom. The van der Waals surface area contributed by atoms with Crippen molar-refractivity contribution in [1.82, 2.24) is 4.72 Å². The van der Waals surface area contributed by atoms with E-state index in [2.05, 4.69) is 4.72 Å². The Morgan fingerprint density at radius 3 is 2.20 bits per heavy atom. The summed E-state index contributed by atoms with van der Waals surface area (Å²) < 4.78 is 29.5. The van der Waals surface area contributed by atoms with Crippen molar-refractivity contribution in [2.24, 2.45) is 0 Å². The van der Waals surface area contributed by atoms with E-state index in [1.807, 2.05) is 0 Å². The van der Waals surface area contributed by atoms with Crippen molar-refractivity contribution in [1.29, 1.82) is 0 Å². The minimum Gasteiger partial charge on any atom is -0.357 e. The summed E-state index contributed by atoms with van der Waals surface area (Å²) in [5.41, 5.74) is 0. The summed E-state index contributed by atoms with van der Waals surface area (Å²) in [5.74, 6) is 0.125. The lowest BCUT2D eigenvalue weighted by molar-refractivity contribution is 0.0593. The number of halogens is 5. The highest BCUT2D eigenvalue weighted by molar-refractivity contribution is 7.89. The molecule has 0 aromatic heterocycles. The summed E-state index contributed by atoms with van der Waals surface area (Å²) in [6, 6.07) is 5.50. The second-order valence-corrected chi connectivity index (χ2v) is 8.45. The van der Waals surface area contributed by atoms with Crippen LogP contribution in [-0.2, 0) is 14.8 Å². The van der Waals surface area contributed by atoms with Crippen LogP contribution in [0.2, 0.25) is 5.02 Å². The van der Waals surface area contributed by atoms with Gasteiger partial charge >= 0.3 is 0 Å². The predicted molar refractivity (Wildman–Crippen MR) is 82.5 cm³/mol. The maximum atomic E-state index is 12.1. The van der Waals surface area contributed by atoms with Gasteiger partial charge in [0.05, 0.1) is 11.5 Å². The van der Waals surface area contributed by atoms with Crippen molar-refractivity contribution in [3.63, 3.8) is 0 Å². The zero-order chi connectivity index (χ0) is 15.4. The van der Waals surface area contributed by atoms with Gasteiger partial charge in [-0.2, -0.15) is 4.72 Å². The van der Waals surface area contributed by atoms with Crippen molar-refractivity contribution < 1.29 is 13.2 Å². The zero-order valence-corrected chi connectivity index (χ0v) is 14.4. The van der Waals surface area contributed by atoms with E-state index in [1.165, 1.54) is 24.3 Å². The summed E-state index contributed by atoms with van der Waals surface area (Å²) >= 11 is 28.2. The van der Waals surface area contributed by atoms with Gasteiger partial charge in [0.1, 0.15) is 0 Å². The molecule has 0 aliphatic carbocycles. The average Bonchev–Trinajstić information content (AvgIpc) is 2.33. The van der Waals surface area contributed by atoms with Crippen LogP contribution in [-0.4, -0.2) is 30.9 Å². The molecule has 1 aromatic carbocycles. The van der Waals surface area contributed by atoms with Gasteiger partial charge in [-0.15, -0.1) is 11.6 Å². The molecule has 0 amide bonds. The van der Waals surface area contributed by atoms with Gasteiger partial charge in [0, 0.05) is 10.9 Å². The minimum absolute atomic E-state index is 0.0171. The summed E-state index contributed by atoms with van der Waals surface area (Å²) in [4.78, 5) is -0.0318. The van der Waals surface area contributed by atoms with Gasteiger partial charge in [-0.05, 0) is 24.3 Å². The second-order valence-electron chi connectivity index (χ2n) is 3.56. The zero-order valence-electron chi connectivity index (χ0n) is 9.82. The molecule has 0 fully saturated rings. The van der Waals surface area contributed by atoms with E-state index in [0.717, 1.165) is 0 Å². The van der Waals surface area contributed by atoms with Gasteiger partial charge in [-0.1, -0.05) is 46.4 Å². The first kappa shape index (κ1) is 18.6. The second kappa shape index (κ2) is 7.70. The Kier molecular flexibility index (Phi) is 7.15. The van der Waals surface area contributed by atoms with Gasteiger partial charge in [0.15, 0.2) is 6.23 Å². The molecule has 10 heteroatoms. The first-order valence-electron chi connectivity index (χ1n) is 5.19. The average molecular weight is 402 g/mol. The van der Waals surface area contributed by atoms with E-state index in [-0.39, 0.29) is 17.4 Å². The molecule has 0 aliphatic rings. The maximum absolute atomic E-state index is 12.1. The van der Waals surface area contributed by atoms with E-state index in [4.69, 9.17) is 62.7 Å². The number of sulfonamides is 1. The Morgan fingerprint density at radius 2 is 1.75 bits per heavy atom. The number of alkyl halides is 4. The van der Waals surface area contributed by atoms with E-state index < -0.39 is 20.0 Å². The molecule has 0 heterocycles. The van der Waals surface area contributed by atoms with Crippen LogP contribution in [0.15, 0.2) is 29.2 Å². The lowest BCUT2D eigenvalue weighted by Crippen LogP contribution is -2.45. The molecule has 0 spiro atoms. The number of hydrogen-bond donors (Lipinski definition) is 1. The fraction of sp³-hybridized carbons (Fsp3) is 0.400. The largest absolute Gasteiger partial charge is 0.357 e. The molecule has 1 atom stereocenters. The van der Waals surface area contributed by atoms with Crippen molar-refractivity contribution in [3.05, 3.63) is 29.3 Å². The third-order valence-electron chi connectivity index (χ3n) is 2.05. The van der Waals surface area contributed by atoms with Gasteiger partial charge in [0.25, 0.3) is 0 Å². The first-order valence-corrected chi connectivity index (χ1v) is 8.72. The molecule has 20 heavy (non-hydrogen) atoms. The molecular weight excluding hydrogens is 391 g/mol. The van der Waals surface area contributed by atoms with Gasteiger partial charge in [-0.25, -0.2) is 8.42 Å². The Balaban J connectivity index is 2.93. The molecule has 114 valence electrons.